The van der Waals surface area contributed by atoms with Crippen molar-refractivity contribution in [1.82, 2.24) is 0 Å². The average Bonchev–Trinajstić information content (AvgIpc) is 3.09. The number of hydrogen-bond donors (Lipinski definition) is 0. The van der Waals surface area contributed by atoms with Crippen LogP contribution in [0.3, 0.4) is 0 Å². The third kappa shape index (κ3) is 3.79. The first-order chi connectivity index (χ1) is 12.6. The van der Waals surface area contributed by atoms with E-state index in [0.717, 1.165) is 0 Å². The molecule has 0 bridgehead atoms. The van der Waals surface area contributed by atoms with Gasteiger partial charge in [-0.15, -0.1) is 0 Å². The lowest BCUT2D eigenvalue weighted by molar-refractivity contribution is -0.156. The Hall–Kier alpha value is -3.02. The summed E-state index contributed by atoms with van der Waals surface area (Å²) in [5.74, 6) is -0.570. The zero-order valence-corrected chi connectivity index (χ0v) is 14.6. The molecule has 3 rings (SSSR count). The Labute approximate surface area is 151 Å². The highest BCUT2D eigenvalue weighted by molar-refractivity contribution is 5.80. The summed E-state index contributed by atoms with van der Waals surface area (Å²) in [5, 5.41) is 0. The fraction of sp³-hybridized carbons (Fsp3) is 0.300. The highest BCUT2D eigenvalue weighted by atomic mass is 16.7. The minimum absolute atomic E-state index is 0.136. The second-order valence-electron chi connectivity index (χ2n) is 5.78. The van der Waals surface area contributed by atoms with Gasteiger partial charge < -0.3 is 18.9 Å². The number of benzene rings is 2. The Morgan fingerprint density at radius 3 is 2.46 bits per heavy atom. The Balaban J connectivity index is 2.05. The number of carbonyl (C=O) groups excluding carboxylic acids is 2. The second kappa shape index (κ2) is 7.91. The van der Waals surface area contributed by atoms with Crippen molar-refractivity contribution in [2.75, 3.05) is 13.4 Å². The van der Waals surface area contributed by atoms with Crippen LogP contribution < -0.4 is 9.47 Å². The van der Waals surface area contributed by atoms with Crippen LogP contribution in [0.4, 0.5) is 0 Å². The summed E-state index contributed by atoms with van der Waals surface area (Å²) in [7, 11) is 0. The number of rotatable bonds is 6. The average molecular weight is 356 g/mol. The minimum Gasteiger partial charge on any atom is -0.465 e. The first-order valence-corrected chi connectivity index (χ1v) is 8.38. The van der Waals surface area contributed by atoms with Gasteiger partial charge in [0.05, 0.1) is 6.61 Å². The lowest BCUT2D eigenvalue weighted by Gasteiger charge is -2.26. The van der Waals surface area contributed by atoms with Crippen LogP contribution in [0.2, 0.25) is 0 Å². The summed E-state index contributed by atoms with van der Waals surface area (Å²) in [6, 6.07) is 14.4. The Morgan fingerprint density at radius 1 is 1.04 bits per heavy atom. The molecule has 0 fully saturated rings. The van der Waals surface area contributed by atoms with E-state index in [9.17, 15) is 9.59 Å². The molecule has 136 valence electrons. The largest absolute Gasteiger partial charge is 0.465 e. The van der Waals surface area contributed by atoms with E-state index in [4.69, 9.17) is 18.9 Å². The molecule has 1 aliphatic heterocycles. The highest BCUT2D eigenvalue weighted by Crippen LogP contribution is 2.40. The number of ether oxygens (including phenoxy) is 4. The Morgan fingerprint density at radius 2 is 1.77 bits per heavy atom. The van der Waals surface area contributed by atoms with Crippen LogP contribution in [-0.4, -0.2) is 25.3 Å². The SMILES string of the molecule is CCOC(=O)[C@@H](c1ccccc1)[C@H](OC(C)=O)c1ccc2c(c1)OCO2. The van der Waals surface area contributed by atoms with Crippen molar-refractivity contribution in [2.45, 2.75) is 25.9 Å². The molecule has 6 nitrogen and oxygen atoms in total. The summed E-state index contributed by atoms with van der Waals surface area (Å²) in [6.45, 7) is 3.42. The lowest BCUT2D eigenvalue weighted by atomic mass is 9.88. The van der Waals surface area contributed by atoms with Gasteiger partial charge in [-0.05, 0) is 30.2 Å². The van der Waals surface area contributed by atoms with Crippen LogP contribution in [-0.2, 0) is 19.1 Å². The molecule has 0 aromatic heterocycles. The summed E-state index contributed by atoms with van der Waals surface area (Å²) in [6.07, 6.45) is -0.844. The van der Waals surface area contributed by atoms with E-state index in [1.54, 1.807) is 25.1 Å². The molecule has 0 spiro atoms. The van der Waals surface area contributed by atoms with Gasteiger partial charge in [0, 0.05) is 6.92 Å². The van der Waals surface area contributed by atoms with E-state index in [2.05, 4.69) is 0 Å². The second-order valence-corrected chi connectivity index (χ2v) is 5.78. The van der Waals surface area contributed by atoms with E-state index in [1.165, 1.54) is 6.92 Å². The first-order valence-electron chi connectivity index (χ1n) is 8.38. The first kappa shape index (κ1) is 17.8. The van der Waals surface area contributed by atoms with Crippen molar-refractivity contribution in [3.63, 3.8) is 0 Å². The van der Waals surface area contributed by atoms with Crippen LogP contribution in [0.1, 0.15) is 37.0 Å². The van der Waals surface area contributed by atoms with Gasteiger partial charge in [-0.25, -0.2) is 0 Å². The predicted molar refractivity (Wildman–Crippen MR) is 92.9 cm³/mol. The molecule has 0 aliphatic carbocycles. The third-order valence-electron chi connectivity index (χ3n) is 4.02. The van der Waals surface area contributed by atoms with Gasteiger partial charge in [0.2, 0.25) is 6.79 Å². The summed E-state index contributed by atoms with van der Waals surface area (Å²) >= 11 is 0. The summed E-state index contributed by atoms with van der Waals surface area (Å²) in [4.78, 5) is 24.5. The number of carbonyl (C=O) groups is 2. The molecule has 0 saturated heterocycles. The van der Waals surface area contributed by atoms with E-state index in [-0.39, 0.29) is 13.4 Å². The van der Waals surface area contributed by atoms with Crippen molar-refractivity contribution < 1.29 is 28.5 Å². The van der Waals surface area contributed by atoms with E-state index < -0.39 is 24.0 Å². The van der Waals surface area contributed by atoms with Crippen molar-refractivity contribution in [2.24, 2.45) is 0 Å². The Kier molecular flexibility index (Phi) is 5.41. The van der Waals surface area contributed by atoms with Gasteiger partial charge >= 0.3 is 11.9 Å². The molecule has 0 radical (unpaired) electrons. The van der Waals surface area contributed by atoms with Crippen molar-refractivity contribution >= 4 is 11.9 Å². The van der Waals surface area contributed by atoms with E-state index >= 15 is 0 Å². The van der Waals surface area contributed by atoms with Crippen molar-refractivity contribution in [1.29, 1.82) is 0 Å². The van der Waals surface area contributed by atoms with Gasteiger partial charge in [-0.2, -0.15) is 0 Å². The molecule has 0 N–H and O–H groups in total. The molecule has 0 saturated carbocycles. The number of hydrogen-bond acceptors (Lipinski definition) is 6. The normalized spacial score (nSPS) is 14.4. The molecule has 2 aromatic carbocycles. The summed E-state index contributed by atoms with van der Waals surface area (Å²) in [5.41, 5.74) is 1.33. The van der Waals surface area contributed by atoms with Crippen LogP contribution in [0, 0.1) is 0 Å². The molecule has 2 aromatic rings. The molecule has 0 amide bonds. The smallest absolute Gasteiger partial charge is 0.317 e. The maximum absolute atomic E-state index is 12.7. The zero-order chi connectivity index (χ0) is 18.5. The van der Waals surface area contributed by atoms with Gasteiger partial charge in [0.25, 0.3) is 0 Å². The fourth-order valence-corrected chi connectivity index (χ4v) is 2.92. The molecular weight excluding hydrogens is 336 g/mol. The predicted octanol–water partition coefficient (Wildman–Crippen LogP) is 3.37. The fourth-order valence-electron chi connectivity index (χ4n) is 2.92. The van der Waals surface area contributed by atoms with E-state index in [0.29, 0.717) is 22.6 Å². The van der Waals surface area contributed by atoms with Gasteiger partial charge in [0.15, 0.2) is 11.5 Å². The summed E-state index contributed by atoms with van der Waals surface area (Å²) < 4.78 is 21.5. The van der Waals surface area contributed by atoms with Crippen molar-refractivity contribution in [3.05, 3.63) is 59.7 Å². The number of esters is 2. The lowest BCUT2D eigenvalue weighted by Crippen LogP contribution is -2.26. The maximum atomic E-state index is 12.7. The Bertz CT molecular complexity index is 786. The van der Waals surface area contributed by atoms with Gasteiger partial charge in [0.1, 0.15) is 12.0 Å². The monoisotopic (exact) mass is 356 g/mol. The topological polar surface area (TPSA) is 71.1 Å². The maximum Gasteiger partial charge on any atom is 0.317 e. The van der Waals surface area contributed by atoms with Crippen LogP contribution >= 0.6 is 0 Å². The van der Waals surface area contributed by atoms with Gasteiger partial charge in [-0.3, -0.25) is 9.59 Å². The highest BCUT2D eigenvalue weighted by Gasteiger charge is 2.35. The van der Waals surface area contributed by atoms with Crippen LogP contribution in [0.5, 0.6) is 11.5 Å². The molecule has 1 heterocycles. The standard InChI is InChI=1S/C20H20O6/c1-3-23-20(22)18(14-7-5-4-6-8-14)19(26-13(2)21)15-9-10-16-17(11-15)25-12-24-16/h4-11,18-19H,3,12H2,1-2H3/t18-,19+/m0/s1. The molecular formula is C20H20O6. The molecule has 6 heteroatoms. The quantitative estimate of drug-likeness (QED) is 0.739. The number of fused-ring (bicyclic) bond motifs is 1. The van der Waals surface area contributed by atoms with Gasteiger partial charge in [-0.1, -0.05) is 36.4 Å². The molecule has 0 unspecified atom stereocenters. The third-order valence-corrected chi connectivity index (χ3v) is 4.02. The van der Waals surface area contributed by atoms with E-state index in [1.807, 2.05) is 30.3 Å². The van der Waals surface area contributed by atoms with Crippen LogP contribution in [0.25, 0.3) is 0 Å². The van der Waals surface area contributed by atoms with Crippen LogP contribution in [0.15, 0.2) is 48.5 Å². The zero-order valence-electron chi connectivity index (χ0n) is 14.6. The molecule has 2 atom stereocenters. The minimum atomic E-state index is -0.844. The van der Waals surface area contributed by atoms with Crippen molar-refractivity contribution in [3.8, 4) is 11.5 Å². The molecule has 26 heavy (non-hydrogen) atoms. The molecule has 1 aliphatic rings.